The Morgan fingerprint density at radius 1 is 0.947 bits per heavy atom. The van der Waals surface area contributed by atoms with Crippen LogP contribution in [0.25, 0.3) is 0 Å². The minimum atomic E-state index is -0.464. The summed E-state index contributed by atoms with van der Waals surface area (Å²) in [6.45, 7) is 4.75. The van der Waals surface area contributed by atoms with Gasteiger partial charge in [-0.05, 0) is 25.0 Å². The Morgan fingerprint density at radius 2 is 1.58 bits per heavy atom. The number of aliphatic hydroxyl groups is 1. The minimum absolute atomic E-state index is 0.235. The number of aryl methyl sites for hydroxylation is 1. The van der Waals surface area contributed by atoms with Gasteiger partial charge in [0.1, 0.15) is 0 Å². The van der Waals surface area contributed by atoms with E-state index >= 15 is 0 Å². The topological polar surface area (TPSA) is 32.3 Å². The molecule has 0 radical (unpaired) electrons. The third-order valence-electron chi connectivity index (χ3n) is 3.38. The Labute approximate surface area is 115 Å². The number of rotatable bonds is 5. The van der Waals surface area contributed by atoms with Gasteiger partial charge in [-0.2, -0.15) is 0 Å². The summed E-state index contributed by atoms with van der Waals surface area (Å²) in [6, 6.07) is 18.5. The molecule has 100 valence electrons. The first-order chi connectivity index (χ1) is 9.16. The normalized spacial score (nSPS) is 14.1. The predicted octanol–water partition coefficient (Wildman–Crippen LogP) is 3.38. The van der Waals surface area contributed by atoms with Crippen LogP contribution in [-0.2, 0) is 0 Å². The average Bonchev–Trinajstić information content (AvgIpc) is 2.46. The lowest BCUT2D eigenvalue weighted by molar-refractivity contribution is 0.171. The molecule has 2 aromatic carbocycles. The lowest BCUT2D eigenvalue weighted by atomic mass is 10.1. The number of hydrogen-bond donors (Lipinski definition) is 2. The van der Waals surface area contributed by atoms with Crippen LogP contribution in [0.4, 0.5) is 0 Å². The first-order valence-corrected chi connectivity index (χ1v) is 6.70. The van der Waals surface area contributed by atoms with Crippen molar-refractivity contribution in [3.8, 4) is 0 Å². The van der Waals surface area contributed by atoms with Crippen molar-refractivity contribution in [2.75, 3.05) is 6.54 Å². The van der Waals surface area contributed by atoms with Gasteiger partial charge in [-0.25, -0.2) is 0 Å². The Kier molecular flexibility index (Phi) is 4.72. The van der Waals surface area contributed by atoms with Crippen molar-refractivity contribution in [3.63, 3.8) is 0 Å². The summed E-state index contributed by atoms with van der Waals surface area (Å²) in [6.07, 6.45) is -0.464. The Bertz CT molecular complexity index is 492. The van der Waals surface area contributed by atoms with Crippen LogP contribution >= 0.6 is 0 Å². The maximum atomic E-state index is 10.1. The molecule has 2 N–H and O–H groups in total. The van der Waals surface area contributed by atoms with Crippen molar-refractivity contribution in [2.45, 2.75) is 26.0 Å². The third kappa shape index (κ3) is 3.91. The summed E-state index contributed by atoms with van der Waals surface area (Å²) in [5, 5.41) is 13.5. The van der Waals surface area contributed by atoms with Crippen molar-refractivity contribution in [3.05, 3.63) is 71.3 Å². The van der Waals surface area contributed by atoms with E-state index in [-0.39, 0.29) is 6.04 Å². The minimum Gasteiger partial charge on any atom is -0.387 e. The highest BCUT2D eigenvalue weighted by atomic mass is 16.3. The third-order valence-corrected chi connectivity index (χ3v) is 3.38. The lowest BCUT2D eigenvalue weighted by Gasteiger charge is -2.18. The highest BCUT2D eigenvalue weighted by Gasteiger charge is 2.09. The first-order valence-electron chi connectivity index (χ1n) is 6.70. The maximum Gasteiger partial charge on any atom is 0.0914 e. The van der Waals surface area contributed by atoms with Crippen LogP contribution in [0.1, 0.15) is 35.8 Å². The smallest absolute Gasteiger partial charge is 0.0914 e. The Hall–Kier alpha value is -1.64. The maximum absolute atomic E-state index is 10.1. The van der Waals surface area contributed by atoms with Crippen molar-refractivity contribution in [1.82, 2.24) is 5.32 Å². The molecule has 0 amide bonds. The molecule has 0 fully saturated rings. The molecular formula is C17H21NO. The second kappa shape index (κ2) is 6.50. The van der Waals surface area contributed by atoms with Gasteiger partial charge in [0.25, 0.3) is 0 Å². The molecular weight excluding hydrogens is 234 g/mol. The van der Waals surface area contributed by atoms with Gasteiger partial charge in [0.15, 0.2) is 0 Å². The molecule has 0 aliphatic carbocycles. The van der Waals surface area contributed by atoms with Crippen LogP contribution in [0.2, 0.25) is 0 Å². The fourth-order valence-corrected chi connectivity index (χ4v) is 2.05. The molecule has 2 nitrogen and oxygen atoms in total. The van der Waals surface area contributed by atoms with Crippen molar-refractivity contribution < 1.29 is 5.11 Å². The second-order valence-corrected chi connectivity index (χ2v) is 4.97. The molecule has 2 rings (SSSR count). The first kappa shape index (κ1) is 13.8. The van der Waals surface area contributed by atoms with E-state index in [1.54, 1.807) is 0 Å². The van der Waals surface area contributed by atoms with Crippen LogP contribution in [0.3, 0.4) is 0 Å². The van der Waals surface area contributed by atoms with Crippen LogP contribution in [-0.4, -0.2) is 11.7 Å². The number of aliphatic hydroxyl groups excluding tert-OH is 1. The van der Waals surface area contributed by atoms with E-state index in [2.05, 4.69) is 43.4 Å². The van der Waals surface area contributed by atoms with E-state index in [4.69, 9.17) is 0 Å². The van der Waals surface area contributed by atoms with E-state index in [0.717, 1.165) is 5.56 Å². The summed E-state index contributed by atoms with van der Waals surface area (Å²) < 4.78 is 0. The molecule has 0 spiro atoms. The quantitative estimate of drug-likeness (QED) is 0.858. The molecule has 1 unspecified atom stereocenters. The van der Waals surface area contributed by atoms with Crippen LogP contribution in [0.5, 0.6) is 0 Å². The lowest BCUT2D eigenvalue weighted by Crippen LogP contribution is -2.24. The highest BCUT2D eigenvalue weighted by Crippen LogP contribution is 2.16. The molecule has 0 aliphatic rings. The molecule has 2 atom stereocenters. The Morgan fingerprint density at radius 3 is 2.21 bits per heavy atom. The van der Waals surface area contributed by atoms with Gasteiger partial charge < -0.3 is 10.4 Å². The second-order valence-electron chi connectivity index (χ2n) is 4.97. The van der Waals surface area contributed by atoms with Gasteiger partial charge in [0, 0.05) is 12.6 Å². The molecule has 0 saturated heterocycles. The van der Waals surface area contributed by atoms with Crippen molar-refractivity contribution in [2.24, 2.45) is 0 Å². The summed E-state index contributed by atoms with van der Waals surface area (Å²) >= 11 is 0. The van der Waals surface area contributed by atoms with Gasteiger partial charge in [-0.3, -0.25) is 0 Å². The highest BCUT2D eigenvalue weighted by molar-refractivity contribution is 5.24. The van der Waals surface area contributed by atoms with Crippen LogP contribution in [0.15, 0.2) is 54.6 Å². The van der Waals surface area contributed by atoms with Gasteiger partial charge in [0.05, 0.1) is 6.10 Å². The van der Waals surface area contributed by atoms with Crippen molar-refractivity contribution in [1.29, 1.82) is 0 Å². The SMILES string of the molecule is Cc1ccc([C@@H](C)NCC(O)c2ccccc2)cc1. The van der Waals surface area contributed by atoms with E-state index in [9.17, 15) is 5.11 Å². The molecule has 0 aromatic heterocycles. The zero-order valence-electron chi connectivity index (χ0n) is 11.5. The zero-order chi connectivity index (χ0) is 13.7. The number of benzene rings is 2. The van der Waals surface area contributed by atoms with Gasteiger partial charge in [-0.1, -0.05) is 60.2 Å². The van der Waals surface area contributed by atoms with E-state index in [0.29, 0.717) is 6.54 Å². The fourth-order valence-electron chi connectivity index (χ4n) is 2.05. The molecule has 2 heteroatoms. The summed E-state index contributed by atoms with van der Waals surface area (Å²) in [4.78, 5) is 0. The molecule has 0 bridgehead atoms. The predicted molar refractivity (Wildman–Crippen MR) is 79.0 cm³/mol. The van der Waals surface area contributed by atoms with Crippen LogP contribution in [0, 0.1) is 6.92 Å². The molecule has 0 saturated carbocycles. The van der Waals surface area contributed by atoms with Gasteiger partial charge in [0.2, 0.25) is 0 Å². The summed E-state index contributed by atoms with van der Waals surface area (Å²) in [5.41, 5.74) is 3.46. The van der Waals surface area contributed by atoms with E-state index in [1.165, 1.54) is 11.1 Å². The molecule has 0 aliphatic heterocycles. The van der Waals surface area contributed by atoms with Crippen LogP contribution < -0.4 is 5.32 Å². The largest absolute Gasteiger partial charge is 0.387 e. The monoisotopic (exact) mass is 255 g/mol. The van der Waals surface area contributed by atoms with Gasteiger partial charge in [-0.15, -0.1) is 0 Å². The summed E-state index contributed by atoms with van der Waals surface area (Å²) in [5.74, 6) is 0. The molecule has 2 aromatic rings. The number of nitrogens with one attached hydrogen (secondary N) is 1. The number of hydrogen-bond acceptors (Lipinski definition) is 2. The standard InChI is InChI=1S/C17H21NO/c1-13-8-10-15(11-9-13)14(2)18-12-17(19)16-6-4-3-5-7-16/h3-11,14,17-19H,12H2,1-2H3/t14-,17?/m1/s1. The van der Waals surface area contributed by atoms with Crippen molar-refractivity contribution >= 4 is 0 Å². The van der Waals surface area contributed by atoms with E-state index < -0.39 is 6.10 Å². The molecule has 0 heterocycles. The zero-order valence-corrected chi connectivity index (χ0v) is 11.5. The molecule has 19 heavy (non-hydrogen) atoms. The fraction of sp³-hybridized carbons (Fsp3) is 0.294. The summed E-state index contributed by atoms with van der Waals surface area (Å²) in [7, 11) is 0. The van der Waals surface area contributed by atoms with Gasteiger partial charge >= 0.3 is 0 Å². The van der Waals surface area contributed by atoms with E-state index in [1.807, 2.05) is 30.3 Å². The Balaban J connectivity index is 1.90. The average molecular weight is 255 g/mol.